The number of aliphatic imine (C=N–C) groups is 1. The van der Waals surface area contributed by atoms with Crippen LogP contribution in [0.1, 0.15) is 32.6 Å². The standard InChI is InChI=1S/C21H32FN5O.HI/c1-3-18(27-12-4-5-20(27)28)10-11-24-21(23-2)26-15-13-25(14-16-26)19-8-6-17(22)7-9-19;/h6-9,18H,3-5,10-16H2,1-2H3,(H,23,24);1H. The Morgan fingerprint density at radius 1 is 1.17 bits per heavy atom. The summed E-state index contributed by atoms with van der Waals surface area (Å²) in [6.07, 6.45) is 3.62. The van der Waals surface area contributed by atoms with Crippen LogP contribution >= 0.6 is 24.0 Å². The molecule has 1 aromatic carbocycles. The molecule has 2 aliphatic rings. The van der Waals surface area contributed by atoms with Crippen molar-refractivity contribution >= 4 is 41.5 Å². The maximum Gasteiger partial charge on any atom is 0.222 e. The maximum absolute atomic E-state index is 13.1. The highest BCUT2D eigenvalue weighted by molar-refractivity contribution is 14.0. The van der Waals surface area contributed by atoms with Crippen LogP contribution in [0.4, 0.5) is 10.1 Å². The Bertz CT molecular complexity index is 676. The topological polar surface area (TPSA) is 51.2 Å². The number of rotatable bonds is 6. The predicted octanol–water partition coefficient (Wildman–Crippen LogP) is 2.93. The van der Waals surface area contributed by atoms with Crippen molar-refractivity contribution in [1.29, 1.82) is 0 Å². The summed E-state index contributed by atoms with van der Waals surface area (Å²) in [5, 5.41) is 3.47. The Kier molecular flexibility index (Phi) is 9.45. The number of amides is 1. The van der Waals surface area contributed by atoms with E-state index in [0.29, 0.717) is 18.4 Å². The molecule has 3 rings (SSSR count). The molecule has 2 heterocycles. The molecule has 29 heavy (non-hydrogen) atoms. The zero-order valence-corrected chi connectivity index (χ0v) is 19.8. The van der Waals surface area contributed by atoms with Crippen molar-refractivity contribution < 1.29 is 9.18 Å². The fourth-order valence-electron chi connectivity index (χ4n) is 4.15. The highest BCUT2D eigenvalue weighted by atomic mass is 127. The number of anilines is 1. The van der Waals surface area contributed by atoms with Gasteiger partial charge in [0, 0.05) is 64.5 Å². The van der Waals surface area contributed by atoms with Crippen molar-refractivity contribution in [2.75, 3.05) is 51.2 Å². The first-order valence-corrected chi connectivity index (χ1v) is 10.4. The van der Waals surface area contributed by atoms with E-state index in [1.165, 1.54) is 12.1 Å². The minimum Gasteiger partial charge on any atom is -0.368 e. The number of hydrogen-bond donors (Lipinski definition) is 1. The van der Waals surface area contributed by atoms with E-state index < -0.39 is 0 Å². The summed E-state index contributed by atoms with van der Waals surface area (Å²) in [5.41, 5.74) is 1.06. The number of piperazine rings is 1. The lowest BCUT2D eigenvalue weighted by Crippen LogP contribution is -2.53. The molecule has 1 unspecified atom stereocenters. The quantitative estimate of drug-likeness (QED) is 0.358. The summed E-state index contributed by atoms with van der Waals surface area (Å²) < 4.78 is 13.1. The van der Waals surface area contributed by atoms with Crippen LogP contribution in [0.2, 0.25) is 0 Å². The van der Waals surface area contributed by atoms with Crippen molar-refractivity contribution in [2.24, 2.45) is 4.99 Å². The molecule has 1 N–H and O–H groups in total. The van der Waals surface area contributed by atoms with Gasteiger partial charge in [-0.3, -0.25) is 9.79 Å². The van der Waals surface area contributed by atoms with Gasteiger partial charge >= 0.3 is 0 Å². The fourth-order valence-corrected chi connectivity index (χ4v) is 4.15. The second kappa shape index (κ2) is 11.6. The van der Waals surface area contributed by atoms with Gasteiger partial charge in [0.15, 0.2) is 5.96 Å². The summed E-state index contributed by atoms with van der Waals surface area (Å²) in [6.45, 7) is 7.38. The largest absolute Gasteiger partial charge is 0.368 e. The summed E-state index contributed by atoms with van der Waals surface area (Å²) in [6, 6.07) is 7.01. The predicted molar refractivity (Wildman–Crippen MR) is 127 cm³/mol. The first-order chi connectivity index (χ1) is 13.6. The Morgan fingerprint density at radius 2 is 1.86 bits per heavy atom. The summed E-state index contributed by atoms with van der Waals surface area (Å²) in [7, 11) is 1.82. The number of likely N-dealkylation sites (tertiary alicyclic amines) is 1. The van der Waals surface area contributed by atoms with E-state index >= 15 is 0 Å². The molecule has 0 saturated carbocycles. The fraction of sp³-hybridized carbons (Fsp3) is 0.619. The molecule has 0 spiro atoms. The van der Waals surface area contributed by atoms with Gasteiger partial charge in [0.25, 0.3) is 0 Å². The number of nitrogens with zero attached hydrogens (tertiary/aromatic N) is 4. The van der Waals surface area contributed by atoms with Gasteiger partial charge in [0.1, 0.15) is 5.82 Å². The molecule has 0 radical (unpaired) electrons. The zero-order chi connectivity index (χ0) is 19.9. The lowest BCUT2D eigenvalue weighted by Gasteiger charge is -2.38. The number of hydrogen-bond acceptors (Lipinski definition) is 3. The zero-order valence-electron chi connectivity index (χ0n) is 17.4. The molecule has 0 bridgehead atoms. The van der Waals surface area contributed by atoms with Crippen molar-refractivity contribution in [2.45, 2.75) is 38.6 Å². The van der Waals surface area contributed by atoms with Crippen LogP contribution < -0.4 is 10.2 Å². The van der Waals surface area contributed by atoms with E-state index in [0.717, 1.165) is 70.2 Å². The molecule has 2 saturated heterocycles. The molecular weight excluding hydrogens is 484 g/mol. The van der Waals surface area contributed by atoms with Crippen LogP contribution in [0.25, 0.3) is 0 Å². The maximum atomic E-state index is 13.1. The summed E-state index contributed by atoms with van der Waals surface area (Å²) in [4.78, 5) is 23.0. The SMILES string of the molecule is CCC(CCNC(=NC)N1CCN(c2ccc(F)cc2)CC1)N1CCCC1=O.I. The number of halogens is 2. The molecule has 8 heteroatoms. The van der Waals surface area contributed by atoms with Gasteiger partial charge < -0.3 is 20.0 Å². The molecule has 2 fully saturated rings. The molecular formula is C21H33FIN5O. The normalized spacial score (nSPS) is 18.7. The van der Waals surface area contributed by atoms with Crippen LogP contribution in [0.15, 0.2) is 29.3 Å². The van der Waals surface area contributed by atoms with Crippen LogP contribution in [0.5, 0.6) is 0 Å². The Balaban J connectivity index is 0.00000300. The molecule has 6 nitrogen and oxygen atoms in total. The minimum atomic E-state index is -0.201. The van der Waals surface area contributed by atoms with Gasteiger partial charge in [0.2, 0.25) is 5.91 Å². The number of guanidine groups is 1. The third-order valence-corrected chi connectivity index (χ3v) is 5.77. The van der Waals surface area contributed by atoms with Gasteiger partial charge in [-0.05, 0) is 43.5 Å². The average molecular weight is 517 g/mol. The Hall–Kier alpha value is -1.58. The van der Waals surface area contributed by atoms with Crippen molar-refractivity contribution in [3.8, 4) is 0 Å². The van der Waals surface area contributed by atoms with Gasteiger partial charge in [0.05, 0.1) is 0 Å². The van der Waals surface area contributed by atoms with Crippen molar-refractivity contribution in [3.05, 3.63) is 30.1 Å². The first-order valence-electron chi connectivity index (χ1n) is 10.4. The molecule has 1 amide bonds. The van der Waals surface area contributed by atoms with E-state index in [1.807, 2.05) is 24.1 Å². The molecule has 0 aromatic heterocycles. The molecule has 0 aliphatic carbocycles. The lowest BCUT2D eigenvalue weighted by molar-refractivity contribution is -0.129. The van der Waals surface area contributed by atoms with E-state index in [1.54, 1.807) is 0 Å². The van der Waals surface area contributed by atoms with Gasteiger partial charge in [-0.15, -0.1) is 24.0 Å². The molecule has 162 valence electrons. The van der Waals surface area contributed by atoms with Gasteiger partial charge in [-0.2, -0.15) is 0 Å². The average Bonchev–Trinajstić information content (AvgIpc) is 3.15. The third-order valence-electron chi connectivity index (χ3n) is 5.77. The highest BCUT2D eigenvalue weighted by Crippen LogP contribution is 2.18. The Morgan fingerprint density at radius 3 is 2.41 bits per heavy atom. The monoisotopic (exact) mass is 517 g/mol. The smallest absolute Gasteiger partial charge is 0.222 e. The minimum absolute atomic E-state index is 0. The number of carbonyl (C=O) groups excluding carboxylic acids is 1. The van der Waals surface area contributed by atoms with E-state index in [4.69, 9.17) is 0 Å². The Labute approximate surface area is 190 Å². The highest BCUT2D eigenvalue weighted by Gasteiger charge is 2.26. The van der Waals surface area contributed by atoms with Crippen LogP contribution in [-0.4, -0.2) is 74.0 Å². The van der Waals surface area contributed by atoms with Crippen molar-refractivity contribution in [3.63, 3.8) is 0 Å². The van der Waals surface area contributed by atoms with E-state index in [-0.39, 0.29) is 29.8 Å². The van der Waals surface area contributed by atoms with Gasteiger partial charge in [-0.1, -0.05) is 6.92 Å². The second-order valence-electron chi connectivity index (χ2n) is 7.47. The van der Waals surface area contributed by atoms with Gasteiger partial charge in [-0.25, -0.2) is 4.39 Å². The number of carbonyl (C=O) groups is 1. The van der Waals surface area contributed by atoms with E-state index in [9.17, 15) is 9.18 Å². The number of benzene rings is 1. The van der Waals surface area contributed by atoms with Crippen LogP contribution in [-0.2, 0) is 4.79 Å². The summed E-state index contributed by atoms with van der Waals surface area (Å²) >= 11 is 0. The first kappa shape index (κ1) is 23.7. The van der Waals surface area contributed by atoms with Crippen LogP contribution in [0, 0.1) is 5.82 Å². The van der Waals surface area contributed by atoms with Crippen molar-refractivity contribution in [1.82, 2.24) is 15.1 Å². The van der Waals surface area contributed by atoms with Crippen LogP contribution in [0.3, 0.4) is 0 Å². The van der Waals surface area contributed by atoms with E-state index in [2.05, 4.69) is 27.0 Å². The molecule has 1 aromatic rings. The second-order valence-corrected chi connectivity index (χ2v) is 7.47. The molecule has 2 aliphatic heterocycles. The lowest BCUT2D eigenvalue weighted by atomic mass is 10.1. The number of nitrogens with one attached hydrogen (secondary N) is 1. The third kappa shape index (κ3) is 6.20. The summed E-state index contributed by atoms with van der Waals surface area (Å²) in [5.74, 6) is 1.02. The molecule has 1 atom stereocenters.